The van der Waals surface area contributed by atoms with Crippen LogP contribution >= 0.6 is 11.6 Å². The fourth-order valence-electron chi connectivity index (χ4n) is 1.78. The van der Waals surface area contributed by atoms with E-state index in [-0.39, 0.29) is 23.7 Å². The van der Waals surface area contributed by atoms with E-state index in [0.717, 1.165) is 0 Å². The molecule has 1 heterocycles. The minimum atomic E-state index is -3.78. The van der Waals surface area contributed by atoms with Crippen molar-refractivity contribution in [2.45, 2.75) is 11.4 Å². The average molecular weight is 390 g/mol. The third-order valence-electron chi connectivity index (χ3n) is 3.01. The van der Waals surface area contributed by atoms with Crippen LogP contribution in [0.5, 0.6) is 0 Å². The minimum Gasteiger partial charge on any atom is -0.264 e. The van der Waals surface area contributed by atoms with Crippen molar-refractivity contribution in [1.82, 2.24) is 14.4 Å². The van der Waals surface area contributed by atoms with Gasteiger partial charge in [-0.1, -0.05) is 17.7 Å². The van der Waals surface area contributed by atoms with E-state index in [9.17, 15) is 16.8 Å². The van der Waals surface area contributed by atoms with Gasteiger partial charge in [-0.15, -0.1) is 0 Å². The Morgan fingerprint density at radius 3 is 2.33 bits per heavy atom. The van der Waals surface area contributed by atoms with Crippen molar-refractivity contribution in [1.29, 1.82) is 0 Å². The summed E-state index contributed by atoms with van der Waals surface area (Å²) in [6.07, 6.45) is 3.13. The molecule has 0 aliphatic rings. The van der Waals surface area contributed by atoms with Gasteiger partial charge in [0.25, 0.3) is 0 Å². The average Bonchev–Trinajstić information content (AvgIpc) is 2.54. The maximum atomic E-state index is 12.0. The molecule has 0 unspecified atom stereocenters. The zero-order valence-electron chi connectivity index (χ0n) is 12.5. The molecule has 0 aliphatic heterocycles. The van der Waals surface area contributed by atoms with Gasteiger partial charge in [0, 0.05) is 30.5 Å². The molecule has 0 radical (unpaired) electrons. The summed E-state index contributed by atoms with van der Waals surface area (Å²) >= 11 is 5.70. The Morgan fingerprint density at radius 1 is 1.00 bits per heavy atom. The van der Waals surface area contributed by atoms with E-state index in [2.05, 4.69) is 14.4 Å². The van der Waals surface area contributed by atoms with Gasteiger partial charge < -0.3 is 0 Å². The molecule has 0 saturated heterocycles. The van der Waals surface area contributed by atoms with Gasteiger partial charge in [0.1, 0.15) is 0 Å². The maximum Gasteiger partial charge on any atom is 0.240 e. The molecule has 24 heavy (non-hydrogen) atoms. The number of hydrogen-bond donors (Lipinski definition) is 2. The zero-order chi connectivity index (χ0) is 17.6. The highest BCUT2D eigenvalue weighted by Crippen LogP contribution is 2.13. The van der Waals surface area contributed by atoms with Crippen LogP contribution < -0.4 is 9.44 Å². The summed E-state index contributed by atoms with van der Waals surface area (Å²) in [7, 11) is -7.39. The molecule has 0 amide bonds. The van der Waals surface area contributed by atoms with Crippen LogP contribution in [-0.4, -0.2) is 34.1 Å². The van der Waals surface area contributed by atoms with Crippen LogP contribution in [0.25, 0.3) is 0 Å². The Balaban J connectivity index is 1.87. The van der Waals surface area contributed by atoms with Gasteiger partial charge in [-0.3, -0.25) is 4.98 Å². The molecule has 0 bridgehead atoms. The monoisotopic (exact) mass is 389 g/mol. The zero-order valence-corrected chi connectivity index (χ0v) is 14.9. The molecular weight excluding hydrogens is 374 g/mol. The molecule has 130 valence electrons. The summed E-state index contributed by atoms with van der Waals surface area (Å²) in [5.74, 6) is -0.375. The number of pyridine rings is 1. The number of sulfonamides is 2. The van der Waals surface area contributed by atoms with Crippen LogP contribution in [0.4, 0.5) is 0 Å². The molecule has 0 atom stereocenters. The normalized spacial score (nSPS) is 12.2. The molecule has 0 aliphatic carbocycles. The lowest BCUT2D eigenvalue weighted by Gasteiger charge is -2.09. The van der Waals surface area contributed by atoms with E-state index in [1.165, 1.54) is 24.3 Å². The number of aromatic nitrogens is 1. The first-order valence-corrected chi connectivity index (χ1v) is 10.4. The summed E-state index contributed by atoms with van der Waals surface area (Å²) in [6, 6.07) is 9.02. The first kappa shape index (κ1) is 18.8. The van der Waals surface area contributed by atoms with E-state index in [1.807, 2.05) is 0 Å². The minimum absolute atomic E-state index is 0.0209. The van der Waals surface area contributed by atoms with Crippen molar-refractivity contribution in [3.05, 3.63) is 59.4 Å². The third-order valence-corrected chi connectivity index (χ3v) is 6.06. The summed E-state index contributed by atoms with van der Waals surface area (Å²) in [5.41, 5.74) is 0.711. The van der Waals surface area contributed by atoms with Crippen molar-refractivity contribution in [3.8, 4) is 0 Å². The van der Waals surface area contributed by atoms with Crippen LogP contribution in [0.2, 0.25) is 5.02 Å². The first-order valence-electron chi connectivity index (χ1n) is 6.90. The third kappa shape index (κ3) is 5.84. The Bertz CT molecular complexity index is 870. The highest BCUT2D eigenvalue weighted by molar-refractivity contribution is 7.90. The number of halogens is 1. The number of hydrogen-bond acceptors (Lipinski definition) is 5. The number of rotatable bonds is 8. The molecule has 2 rings (SSSR count). The summed E-state index contributed by atoms with van der Waals surface area (Å²) in [5, 5.41) is 0.413. The summed E-state index contributed by atoms with van der Waals surface area (Å²) in [4.78, 5) is 3.90. The largest absolute Gasteiger partial charge is 0.264 e. The Kier molecular flexibility index (Phi) is 6.30. The summed E-state index contributed by atoms with van der Waals surface area (Å²) < 4.78 is 52.5. The van der Waals surface area contributed by atoms with Crippen LogP contribution in [0, 0.1) is 0 Å². The van der Waals surface area contributed by atoms with Crippen molar-refractivity contribution in [2.24, 2.45) is 0 Å². The quantitative estimate of drug-likeness (QED) is 0.704. The molecule has 0 saturated carbocycles. The molecule has 2 N–H and O–H groups in total. The van der Waals surface area contributed by atoms with Crippen molar-refractivity contribution >= 4 is 31.6 Å². The van der Waals surface area contributed by atoms with Crippen LogP contribution in [-0.2, 0) is 26.6 Å². The van der Waals surface area contributed by atoms with Crippen LogP contribution in [0.15, 0.2) is 53.7 Å². The molecule has 7 nitrogen and oxygen atoms in total. The van der Waals surface area contributed by atoms with E-state index in [1.54, 1.807) is 24.5 Å². The predicted molar refractivity (Wildman–Crippen MR) is 91.5 cm³/mol. The first-order chi connectivity index (χ1) is 11.3. The Hall–Kier alpha value is -1.52. The second kappa shape index (κ2) is 8.04. The topological polar surface area (TPSA) is 105 Å². The second-order valence-electron chi connectivity index (χ2n) is 4.85. The fourth-order valence-corrected chi connectivity index (χ4v) is 3.96. The highest BCUT2D eigenvalue weighted by Gasteiger charge is 2.16. The van der Waals surface area contributed by atoms with E-state index < -0.39 is 20.0 Å². The summed E-state index contributed by atoms with van der Waals surface area (Å²) in [6.45, 7) is -0.145. The SMILES string of the molecule is O=S(=O)(CCNS(=O)(=O)c1ccc(Cl)cc1)NCc1cccnc1. The van der Waals surface area contributed by atoms with Gasteiger partial charge in [0.05, 0.1) is 10.6 Å². The second-order valence-corrected chi connectivity index (χ2v) is 8.98. The molecule has 0 spiro atoms. The highest BCUT2D eigenvalue weighted by atomic mass is 35.5. The molecule has 0 fully saturated rings. The predicted octanol–water partition coefficient (Wildman–Crippen LogP) is 1.13. The number of nitrogens with zero attached hydrogens (tertiary/aromatic N) is 1. The van der Waals surface area contributed by atoms with Gasteiger partial charge in [0.2, 0.25) is 20.0 Å². The molecular formula is C14H16ClN3O4S2. The number of nitrogens with one attached hydrogen (secondary N) is 2. The van der Waals surface area contributed by atoms with E-state index in [0.29, 0.717) is 10.6 Å². The van der Waals surface area contributed by atoms with E-state index >= 15 is 0 Å². The lowest BCUT2D eigenvalue weighted by atomic mass is 10.3. The van der Waals surface area contributed by atoms with Gasteiger partial charge in [-0.05, 0) is 35.9 Å². The van der Waals surface area contributed by atoms with Crippen molar-refractivity contribution < 1.29 is 16.8 Å². The lowest BCUT2D eigenvalue weighted by Crippen LogP contribution is -2.34. The Labute approximate surface area is 146 Å². The van der Waals surface area contributed by atoms with Crippen LogP contribution in [0.3, 0.4) is 0 Å². The maximum absolute atomic E-state index is 12.0. The molecule has 1 aromatic carbocycles. The van der Waals surface area contributed by atoms with Crippen molar-refractivity contribution in [3.63, 3.8) is 0 Å². The van der Waals surface area contributed by atoms with E-state index in [4.69, 9.17) is 11.6 Å². The van der Waals surface area contributed by atoms with Gasteiger partial charge >= 0.3 is 0 Å². The molecule has 1 aromatic heterocycles. The van der Waals surface area contributed by atoms with Gasteiger partial charge in [0.15, 0.2) is 0 Å². The van der Waals surface area contributed by atoms with Crippen LogP contribution in [0.1, 0.15) is 5.56 Å². The lowest BCUT2D eigenvalue weighted by molar-refractivity contribution is 0.575. The molecule has 10 heteroatoms. The fraction of sp³-hybridized carbons (Fsp3) is 0.214. The smallest absolute Gasteiger partial charge is 0.240 e. The number of benzene rings is 1. The van der Waals surface area contributed by atoms with Gasteiger partial charge in [-0.2, -0.15) is 0 Å². The Morgan fingerprint density at radius 2 is 1.71 bits per heavy atom. The molecule has 2 aromatic rings. The standard InChI is InChI=1S/C14H16ClN3O4S2/c15-13-3-5-14(6-4-13)24(21,22)17-8-9-23(19,20)18-11-12-2-1-7-16-10-12/h1-7,10,17-18H,8-9,11H2. The van der Waals surface area contributed by atoms with Crippen molar-refractivity contribution in [2.75, 3.05) is 12.3 Å². The van der Waals surface area contributed by atoms with Gasteiger partial charge in [-0.25, -0.2) is 26.3 Å².